The van der Waals surface area contributed by atoms with E-state index >= 15 is 0 Å². The fraction of sp³-hybridized carbons (Fsp3) is 1.00. The van der Waals surface area contributed by atoms with Crippen LogP contribution in [0.25, 0.3) is 0 Å². The molecule has 0 aromatic carbocycles. The molecule has 0 aliphatic rings. The van der Waals surface area contributed by atoms with Crippen LogP contribution in [-0.2, 0) is 18.9 Å². The van der Waals surface area contributed by atoms with Gasteiger partial charge in [0.25, 0.3) is 0 Å². The number of thiol groups is 1. The number of unbranched alkanes of at least 4 members (excludes halogenated alkanes) is 8. The van der Waals surface area contributed by atoms with Gasteiger partial charge in [-0.3, -0.25) is 0 Å². The standard InChI is InChI=1S/C19H41NO4S/c20-10-12-22-14-16-24-18-17-23-15-13-21-11-8-6-4-2-1-3-5-7-9-19-25/h25H,1-20H2. The Kier molecular flexibility index (Phi) is 24.3. The molecule has 0 aromatic heterocycles. The quantitative estimate of drug-likeness (QED) is 0.223. The zero-order valence-electron chi connectivity index (χ0n) is 16.1. The minimum atomic E-state index is 0.556. The molecule has 0 rings (SSSR count). The summed E-state index contributed by atoms with van der Waals surface area (Å²) in [5.41, 5.74) is 5.31. The summed E-state index contributed by atoms with van der Waals surface area (Å²) < 4.78 is 21.6. The first-order valence-electron chi connectivity index (χ1n) is 10.0. The molecule has 0 bridgehead atoms. The third-order valence-electron chi connectivity index (χ3n) is 3.83. The molecule has 0 aliphatic carbocycles. The van der Waals surface area contributed by atoms with Crippen LogP contribution in [0.2, 0.25) is 0 Å². The van der Waals surface area contributed by atoms with E-state index in [1.165, 1.54) is 51.4 Å². The predicted octanol–water partition coefficient (Wildman–Crippen LogP) is 3.45. The van der Waals surface area contributed by atoms with Crippen molar-refractivity contribution in [2.75, 3.05) is 65.2 Å². The van der Waals surface area contributed by atoms with Gasteiger partial charge in [0, 0.05) is 13.2 Å². The van der Waals surface area contributed by atoms with Crippen molar-refractivity contribution in [2.24, 2.45) is 5.73 Å². The number of hydrogen-bond acceptors (Lipinski definition) is 6. The molecule has 6 heteroatoms. The van der Waals surface area contributed by atoms with Crippen LogP contribution in [0, 0.1) is 0 Å². The topological polar surface area (TPSA) is 62.9 Å². The molecule has 0 spiro atoms. The highest BCUT2D eigenvalue weighted by Crippen LogP contribution is 2.09. The maximum atomic E-state index is 5.57. The zero-order chi connectivity index (χ0) is 18.3. The molecule has 0 radical (unpaired) electrons. The second kappa shape index (κ2) is 24.1. The van der Waals surface area contributed by atoms with E-state index in [0.717, 1.165) is 18.8 Å². The largest absolute Gasteiger partial charge is 0.379 e. The Balaban J connectivity index is 2.94. The summed E-state index contributed by atoms with van der Waals surface area (Å²) in [5.74, 6) is 1.03. The summed E-state index contributed by atoms with van der Waals surface area (Å²) in [4.78, 5) is 0. The van der Waals surface area contributed by atoms with E-state index in [1.54, 1.807) is 0 Å². The molecule has 2 N–H and O–H groups in total. The first-order chi connectivity index (χ1) is 12.4. The molecule has 0 aromatic rings. The van der Waals surface area contributed by atoms with Crippen molar-refractivity contribution in [1.29, 1.82) is 0 Å². The third kappa shape index (κ3) is 24.1. The highest BCUT2D eigenvalue weighted by atomic mass is 32.1. The molecule has 0 amide bonds. The van der Waals surface area contributed by atoms with Gasteiger partial charge in [-0.05, 0) is 18.6 Å². The molecular formula is C19H41NO4S. The Bertz CT molecular complexity index is 213. The van der Waals surface area contributed by atoms with E-state index in [-0.39, 0.29) is 0 Å². The van der Waals surface area contributed by atoms with E-state index in [0.29, 0.717) is 52.8 Å². The van der Waals surface area contributed by atoms with Gasteiger partial charge < -0.3 is 24.7 Å². The molecule has 0 atom stereocenters. The average molecular weight is 380 g/mol. The van der Waals surface area contributed by atoms with Crippen LogP contribution in [0.5, 0.6) is 0 Å². The van der Waals surface area contributed by atoms with E-state index in [9.17, 15) is 0 Å². The Morgan fingerprint density at radius 3 is 1.24 bits per heavy atom. The molecule has 0 saturated heterocycles. The Morgan fingerprint density at radius 1 is 0.440 bits per heavy atom. The monoisotopic (exact) mass is 379 g/mol. The smallest absolute Gasteiger partial charge is 0.0701 e. The number of hydrogen-bond donors (Lipinski definition) is 2. The number of rotatable bonds is 22. The number of nitrogens with two attached hydrogens (primary N) is 1. The molecule has 0 heterocycles. The lowest BCUT2D eigenvalue weighted by atomic mass is 10.1. The van der Waals surface area contributed by atoms with Crippen LogP contribution in [0.4, 0.5) is 0 Å². The first kappa shape index (κ1) is 25.1. The van der Waals surface area contributed by atoms with Gasteiger partial charge in [0.05, 0.1) is 46.2 Å². The van der Waals surface area contributed by atoms with Crippen LogP contribution in [0.3, 0.4) is 0 Å². The zero-order valence-corrected chi connectivity index (χ0v) is 17.0. The fourth-order valence-electron chi connectivity index (χ4n) is 2.40. The lowest BCUT2D eigenvalue weighted by Crippen LogP contribution is -2.14. The summed E-state index contributed by atoms with van der Waals surface area (Å²) in [7, 11) is 0. The van der Waals surface area contributed by atoms with E-state index < -0.39 is 0 Å². The maximum Gasteiger partial charge on any atom is 0.0701 e. The van der Waals surface area contributed by atoms with Crippen molar-refractivity contribution < 1.29 is 18.9 Å². The van der Waals surface area contributed by atoms with Crippen LogP contribution < -0.4 is 5.73 Å². The Labute approximate surface area is 160 Å². The third-order valence-corrected chi connectivity index (χ3v) is 4.14. The van der Waals surface area contributed by atoms with Crippen molar-refractivity contribution >= 4 is 12.6 Å². The molecule has 25 heavy (non-hydrogen) atoms. The first-order valence-corrected chi connectivity index (χ1v) is 10.7. The van der Waals surface area contributed by atoms with E-state index in [2.05, 4.69) is 12.6 Å². The van der Waals surface area contributed by atoms with Crippen LogP contribution in [0.15, 0.2) is 0 Å². The summed E-state index contributed by atoms with van der Waals surface area (Å²) in [6, 6.07) is 0. The van der Waals surface area contributed by atoms with Gasteiger partial charge in [-0.1, -0.05) is 44.9 Å². The summed E-state index contributed by atoms with van der Waals surface area (Å²) in [6.45, 7) is 5.69. The van der Waals surface area contributed by atoms with Crippen molar-refractivity contribution in [1.82, 2.24) is 0 Å². The fourth-order valence-corrected chi connectivity index (χ4v) is 2.62. The second-order valence-electron chi connectivity index (χ2n) is 6.14. The molecule has 152 valence electrons. The van der Waals surface area contributed by atoms with Gasteiger partial charge in [0.1, 0.15) is 0 Å². The maximum absolute atomic E-state index is 5.57. The molecule has 0 aliphatic heterocycles. The molecule has 0 saturated carbocycles. The molecule has 0 unspecified atom stereocenters. The minimum Gasteiger partial charge on any atom is -0.379 e. The minimum absolute atomic E-state index is 0.556. The van der Waals surface area contributed by atoms with Gasteiger partial charge in [-0.15, -0.1) is 0 Å². The van der Waals surface area contributed by atoms with Gasteiger partial charge in [-0.2, -0.15) is 12.6 Å². The lowest BCUT2D eigenvalue weighted by molar-refractivity contribution is -0.00135. The summed E-state index contributed by atoms with van der Waals surface area (Å²) >= 11 is 4.23. The molecule has 5 nitrogen and oxygen atoms in total. The van der Waals surface area contributed by atoms with E-state index in [4.69, 9.17) is 24.7 Å². The van der Waals surface area contributed by atoms with Crippen LogP contribution >= 0.6 is 12.6 Å². The Morgan fingerprint density at radius 2 is 0.800 bits per heavy atom. The summed E-state index contributed by atoms with van der Waals surface area (Å²) in [5, 5.41) is 0. The second-order valence-corrected chi connectivity index (χ2v) is 6.59. The van der Waals surface area contributed by atoms with Crippen molar-refractivity contribution in [3.63, 3.8) is 0 Å². The van der Waals surface area contributed by atoms with Crippen molar-refractivity contribution in [3.05, 3.63) is 0 Å². The van der Waals surface area contributed by atoms with Gasteiger partial charge >= 0.3 is 0 Å². The highest BCUT2D eigenvalue weighted by Gasteiger charge is 1.94. The van der Waals surface area contributed by atoms with Crippen molar-refractivity contribution in [2.45, 2.75) is 57.8 Å². The van der Waals surface area contributed by atoms with Crippen LogP contribution in [0.1, 0.15) is 57.8 Å². The average Bonchev–Trinajstić information content (AvgIpc) is 2.63. The predicted molar refractivity (Wildman–Crippen MR) is 108 cm³/mol. The van der Waals surface area contributed by atoms with Crippen molar-refractivity contribution in [3.8, 4) is 0 Å². The lowest BCUT2D eigenvalue weighted by Gasteiger charge is -2.07. The SMILES string of the molecule is NCCOCCOCCOCCOCCCCCCCCCCCS. The van der Waals surface area contributed by atoms with Gasteiger partial charge in [-0.25, -0.2) is 0 Å². The number of ether oxygens (including phenoxy) is 4. The van der Waals surface area contributed by atoms with Crippen LogP contribution in [-0.4, -0.2) is 65.2 Å². The normalized spacial score (nSPS) is 11.3. The van der Waals surface area contributed by atoms with Gasteiger partial charge in [0.15, 0.2) is 0 Å². The van der Waals surface area contributed by atoms with E-state index in [1.807, 2.05) is 0 Å². The Hall–Kier alpha value is 0.150. The van der Waals surface area contributed by atoms with Gasteiger partial charge in [0.2, 0.25) is 0 Å². The summed E-state index contributed by atoms with van der Waals surface area (Å²) in [6.07, 6.45) is 11.9. The highest BCUT2D eigenvalue weighted by molar-refractivity contribution is 7.80. The molecule has 0 fully saturated rings. The molecular weight excluding hydrogens is 338 g/mol.